The normalized spacial score (nSPS) is 16.3. The van der Waals surface area contributed by atoms with Crippen LogP contribution in [0.25, 0.3) is 10.2 Å². The fourth-order valence-electron chi connectivity index (χ4n) is 3.16. The molecule has 1 aliphatic rings. The summed E-state index contributed by atoms with van der Waals surface area (Å²) in [5.41, 5.74) is 0.863. The summed E-state index contributed by atoms with van der Waals surface area (Å²) in [6.45, 7) is 1.98. The van der Waals surface area contributed by atoms with Gasteiger partial charge in [-0.3, -0.25) is 9.69 Å². The van der Waals surface area contributed by atoms with Crippen LogP contribution in [-0.4, -0.2) is 61.2 Å². The van der Waals surface area contributed by atoms with Crippen LogP contribution in [0.1, 0.15) is 0 Å². The van der Waals surface area contributed by atoms with Crippen LogP contribution in [0.15, 0.2) is 59.5 Å². The fraction of sp³-hybridized carbons (Fsp3) is 0.263. The van der Waals surface area contributed by atoms with Crippen LogP contribution in [0.2, 0.25) is 0 Å². The molecule has 0 atom stereocenters. The van der Waals surface area contributed by atoms with Crippen LogP contribution >= 0.6 is 11.3 Å². The highest BCUT2D eigenvalue weighted by atomic mass is 32.2. The van der Waals surface area contributed by atoms with Crippen LogP contribution in [0.4, 0.5) is 5.13 Å². The first kappa shape index (κ1) is 19.0. The van der Waals surface area contributed by atoms with E-state index in [0.29, 0.717) is 36.2 Å². The molecule has 28 heavy (non-hydrogen) atoms. The Morgan fingerprint density at radius 2 is 1.68 bits per heavy atom. The SMILES string of the molecule is O=C(CN1CCN(S(=O)(=O)c2ccccc2)CC1)Nc1nc2ccccc2s1. The number of para-hydroxylation sites is 1. The Morgan fingerprint density at radius 1 is 1.00 bits per heavy atom. The number of hydrogen-bond acceptors (Lipinski definition) is 6. The lowest BCUT2D eigenvalue weighted by atomic mass is 10.3. The Kier molecular flexibility index (Phi) is 5.40. The first-order valence-corrected chi connectivity index (χ1v) is 11.2. The summed E-state index contributed by atoms with van der Waals surface area (Å²) in [5, 5.41) is 3.42. The number of anilines is 1. The van der Waals surface area contributed by atoms with Gasteiger partial charge in [-0.25, -0.2) is 13.4 Å². The van der Waals surface area contributed by atoms with E-state index in [4.69, 9.17) is 0 Å². The second-order valence-electron chi connectivity index (χ2n) is 6.53. The molecule has 0 radical (unpaired) electrons. The van der Waals surface area contributed by atoms with Crippen molar-refractivity contribution in [1.82, 2.24) is 14.2 Å². The van der Waals surface area contributed by atoms with Gasteiger partial charge in [-0.15, -0.1) is 0 Å². The lowest BCUT2D eigenvalue weighted by molar-refractivity contribution is -0.117. The fourth-order valence-corrected chi connectivity index (χ4v) is 5.48. The molecular formula is C19H20N4O3S2. The van der Waals surface area contributed by atoms with Gasteiger partial charge in [0, 0.05) is 26.2 Å². The van der Waals surface area contributed by atoms with Gasteiger partial charge in [0.05, 0.1) is 21.7 Å². The molecule has 9 heteroatoms. The number of fused-ring (bicyclic) bond motifs is 1. The van der Waals surface area contributed by atoms with Crippen molar-refractivity contribution in [3.63, 3.8) is 0 Å². The van der Waals surface area contributed by atoms with E-state index in [-0.39, 0.29) is 12.5 Å². The molecule has 1 saturated heterocycles. The van der Waals surface area contributed by atoms with Gasteiger partial charge < -0.3 is 5.32 Å². The highest BCUT2D eigenvalue weighted by molar-refractivity contribution is 7.89. The zero-order valence-corrected chi connectivity index (χ0v) is 16.7. The Labute approximate surface area is 167 Å². The zero-order valence-electron chi connectivity index (χ0n) is 15.1. The molecule has 2 aromatic carbocycles. The van der Waals surface area contributed by atoms with E-state index in [0.717, 1.165) is 10.2 Å². The number of piperazine rings is 1. The third-order valence-corrected chi connectivity index (χ3v) is 7.48. The van der Waals surface area contributed by atoms with E-state index >= 15 is 0 Å². The molecule has 1 aromatic heterocycles. The van der Waals surface area contributed by atoms with Gasteiger partial charge in [0.2, 0.25) is 15.9 Å². The molecule has 0 unspecified atom stereocenters. The maximum Gasteiger partial charge on any atom is 0.243 e. The Balaban J connectivity index is 1.32. The number of benzene rings is 2. The maximum atomic E-state index is 12.7. The molecule has 4 rings (SSSR count). The minimum atomic E-state index is -3.48. The molecule has 0 bridgehead atoms. The number of aromatic nitrogens is 1. The molecule has 1 fully saturated rings. The second-order valence-corrected chi connectivity index (χ2v) is 9.50. The Hall–Kier alpha value is -2.33. The Bertz CT molecular complexity index is 1040. The first-order chi connectivity index (χ1) is 13.5. The van der Waals surface area contributed by atoms with Gasteiger partial charge >= 0.3 is 0 Å². The summed E-state index contributed by atoms with van der Waals surface area (Å²) in [7, 11) is -3.48. The van der Waals surface area contributed by atoms with E-state index in [1.807, 2.05) is 29.2 Å². The predicted octanol–water partition coefficient (Wildman–Crippen LogP) is 2.24. The van der Waals surface area contributed by atoms with E-state index in [1.54, 1.807) is 30.3 Å². The van der Waals surface area contributed by atoms with Gasteiger partial charge in [-0.1, -0.05) is 41.7 Å². The summed E-state index contributed by atoms with van der Waals surface area (Å²) < 4.78 is 27.8. The van der Waals surface area contributed by atoms with Crippen LogP contribution < -0.4 is 5.32 Å². The summed E-state index contributed by atoms with van der Waals surface area (Å²) in [6, 6.07) is 16.2. The number of nitrogens with zero attached hydrogens (tertiary/aromatic N) is 3. The van der Waals surface area contributed by atoms with Crippen molar-refractivity contribution in [2.45, 2.75) is 4.90 Å². The quantitative estimate of drug-likeness (QED) is 0.690. The smallest absolute Gasteiger partial charge is 0.243 e. The molecular weight excluding hydrogens is 396 g/mol. The molecule has 1 amide bonds. The topological polar surface area (TPSA) is 82.6 Å². The largest absolute Gasteiger partial charge is 0.301 e. The molecule has 0 spiro atoms. The highest BCUT2D eigenvalue weighted by Crippen LogP contribution is 2.25. The van der Waals surface area contributed by atoms with Crippen LogP contribution in [0, 0.1) is 0 Å². The van der Waals surface area contributed by atoms with Crippen molar-refractivity contribution < 1.29 is 13.2 Å². The van der Waals surface area contributed by atoms with Crippen molar-refractivity contribution in [2.24, 2.45) is 0 Å². The van der Waals surface area contributed by atoms with Gasteiger partial charge in [0.25, 0.3) is 0 Å². The summed E-state index contributed by atoms with van der Waals surface area (Å²) >= 11 is 1.44. The third-order valence-electron chi connectivity index (χ3n) is 4.62. The van der Waals surface area contributed by atoms with Crippen molar-refractivity contribution in [3.8, 4) is 0 Å². The van der Waals surface area contributed by atoms with E-state index in [2.05, 4.69) is 10.3 Å². The van der Waals surface area contributed by atoms with Crippen LogP contribution in [0.3, 0.4) is 0 Å². The number of carbonyl (C=O) groups is 1. The van der Waals surface area contributed by atoms with Gasteiger partial charge in [0.1, 0.15) is 0 Å². The summed E-state index contributed by atoms with van der Waals surface area (Å²) in [4.78, 5) is 19.0. The molecule has 0 saturated carbocycles. The van der Waals surface area contributed by atoms with Crippen molar-refractivity contribution in [3.05, 3.63) is 54.6 Å². The molecule has 0 aliphatic carbocycles. The summed E-state index contributed by atoms with van der Waals surface area (Å²) in [5.74, 6) is -0.140. The molecule has 1 N–H and O–H groups in total. The number of rotatable bonds is 5. The molecule has 146 valence electrons. The minimum Gasteiger partial charge on any atom is -0.301 e. The zero-order chi connectivity index (χ0) is 19.6. The van der Waals surface area contributed by atoms with E-state index < -0.39 is 10.0 Å². The monoisotopic (exact) mass is 416 g/mol. The van der Waals surface area contributed by atoms with Crippen molar-refractivity contribution in [1.29, 1.82) is 0 Å². The second kappa shape index (κ2) is 7.96. The number of nitrogens with one attached hydrogen (secondary N) is 1. The first-order valence-electron chi connectivity index (χ1n) is 8.95. The number of hydrogen-bond donors (Lipinski definition) is 1. The number of thiazole rings is 1. The molecule has 3 aromatic rings. The van der Waals surface area contributed by atoms with Crippen molar-refractivity contribution in [2.75, 3.05) is 38.0 Å². The minimum absolute atomic E-state index is 0.140. The third kappa shape index (κ3) is 4.07. The number of amides is 1. The average Bonchev–Trinajstić information content (AvgIpc) is 3.11. The van der Waals surface area contributed by atoms with Gasteiger partial charge in [-0.05, 0) is 24.3 Å². The predicted molar refractivity (Wildman–Crippen MR) is 110 cm³/mol. The van der Waals surface area contributed by atoms with E-state index in [9.17, 15) is 13.2 Å². The van der Waals surface area contributed by atoms with E-state index in [1.165, 1.54) is 15.6 Å². The number of sulfonamides is 1. The Morgan fingerprint density at radius 3 is 2.39 bits per heavy atom. The standard InChI is InChI=1S/C19H20N4O3S2/c24-18(21-19-20-16-8-4-5-9-17(16)27-19)14-22-10-12-23(13-11-22)28(25,26)15-6-2-1-3-7-15/h1-9H,10-14H2,(H,20,21,24). The summed E-state index contributed by atoms with van der Waals surface area (Å²) in [6.07, 6.45) is 0. The number of carbonyl (C=O) groups excluding carboxylic acids is 1. The van der Waals surface area contributed by atoms with Crippen LogP contribution in [0.5, 0.6) is 0 Å². The lowest BCUT2D eigenvalue weighted by Gasteiger charge is -2.33. The van der Waals surface area contributed by atoms with Gasteiger partial charge in [0.15, 0.2) is 5.13 Å². The van der Waals surface area contributed by atoms with Crippen molar-refractivity contribution >= 4 is 42.6 Å². The van der Waals surface area contributed by atoms with Gasteiger partial charge in [-0.2, -0.15) is 4.31 Å². The molecule has 2 heterocycles. The molecule has 7 nitrogen and oxygen atoms in total. The van der Waals surface area contributed by atoms with Crippen LogP contribution in [-0.2, 0) is 14.8 Å². The highest BCUT2D eigenvalue weighted by Gasteiger charge is 2.28. The maximum absolute atomic E-state index is 12.7. The lowest BCUT2D eigenvalue weighted by Crippen LogP contribution is -2.50. The average molecular weight is 417 g/mol. The molecule has 1 aliphatic heterocycles.